The van der Waals surface area contributed by atoms with Crippen LogP contribution in [0.25, 0.3) is 0 Å². The second-order valence-corrected chi connectivity index (χ2v) is 5.30. The van der Waals surface area contributed by atoms with Crippen LogP contribution >= 0.6 is 0 Å². The summed E-state index contributed by atoms with van der Waals surface area (Å²) >= 11 is 0. The number of aromatic nitrogens is 2. The first-order valence-electron chi connectivity index (χ1n) is 6.86. The Morgan fingerprint density at radius 2 is 2.32 bits per heavy atom. The second-order valence-electron chi connectivity index (χ2n) is 5.30. The van der Waals surface area contributed by atoms with Crippen molar-refractivity contribution >= 4 is 0 Å². The van der Waals surface area contributed by atoms with E-state index >= 15 is 0 Å². The van der Waals surface area contributed by atoms with Gasteiger partial charge in [-0.25, -0.2) is 0 Å². The molecule has 19 heavy (non-hydrogen) atoms. The van der Waals surface area contributed by atoms with Gasteiger partial charge in [0.05, 0.1) is 12.6 Å². The van der Waals surface area contributed by atoms with E-state index in [2.05, 4.69) is 15.0 Å². The zero-order chi connectivity index (χ0) is 13.8. The van der Waals surface area contributed by atoms with Gasteiger partial charge < -0.3 is 14.4 Å². The molecule has 6 heteroatoms. The number of hydrogen-bond acceptors (Lipinski definition) is 6. The Hall–Kier alpha value is -0.980. The minimum atomic E-state index is -0.255. The summed E-state index contributed by atoms with van der Waals surface area (Å²) in [4.78, 5) is 6.60. The topological polar surface area (TPSA) is 71.6 Å². The molecule has 0 aromatic carbocycles. The smallest absolute Gasteiger partial charge is 0.240 e. The van der Waals surface area contributed by atoms with Crippen molar-refractivity contribution in [2.45, 2.75) is 45.4 Å². The van der Waals surface area contributed by atoms with Crippen LogP contribution in [0.5, 0.6) is 0 Å². The minimum absolute atomic E-state index is 0.149. The van der Waals surface area contributed by atoms with Crippen LogP contribution in [-0.2, 0) is 11.3 Å². The molecule has 108 valence electrons. The molecule has 0 aliphatic carbocycles. The van der Waals surface area contributed by atoms with Gasteiger partial charge >= 0.3 is 0 Å². The molecule has 3 atom stereocenters. The first kappa shape index (κ1) is 14.4. The highest BCUT2D eigenvalue weighted by Crippen LogP contribution is 2.21. The predicted molar refractivity (Wildman–Crippen MR) is 69.4 cm³/mol. The van der Waals surface area contributed by atoms with E-state index in [1.165, 1.54) is 0 Å². The van der Waals surface area contributed by atoms with Crippen LogP contribution in [0.1, 0.15) is 44.5 Å². The summed E-state index contributed by atoms with van der Waals surface area (Å²) in [5.74, 6) is 1.54. The Balaban J connectivity index is 1.91. The van der Waals surface area contributed by atoms with Crippen molar-refractivity contribution in [3.63, 3.8) is 0 Å². The summed E-state index contributed by atoms with van der Waals surface area (Å²) in [6, 6.07) is 0. The fraction of sp³-hybridized carbons (Fsp3) is 0.846. The summed E-state index contributed by atoms with van der Waals surface area (Å²) in [6.45, 7) is 6.29. The maximum absolute atomic E-state index is 9.68. The number of hydrogen-bond donors (Lipinski definition) is 1. The molecule has 0 spiro atoms. The Morgan fingerprint density at radius 1 is 1.53 bits per heavy atom. The molecule has 1 aliphatic heterocycles. The number of likely N-dealkylation sites (tertiary alicyclic amines) is 1. The van der Waals surface area contributed by atoms with Gasteiger partial charge in [-0.05, 0) is 39.2 Å². The molecule has 0 saturated carbocycles. The normalized spacial score (nSPS) is 24.3. The maximum atomic E-state index is 9.68. The molecule has 1 N–H and O–H groups in total. The molecular weight excluding hydrogens is 246 g/mol. The van der Waals surface area contributed by atoms with Crippen LogP contribution in [0.2, 0.25) is 0 Å². The van der Waals surface area contributed by atoms with E-state index in [0.29, 0.717) is 24.2 Å². The zero-order valence-corrected chi connectivity index (χ0v) is 11.9. The Morgan fingerprint density at radius 3 is 3.00 bits per heavy atom. The lowest BCUT2D eigenvalue weighted by atomic mass is 9.93. The molecular formula is C13H23N3O3. The van der Waals surface area contributed by atoms with Gasteiger partial charge in [-0.15, -0.1) is 0 Å². The third kappa shape index (κ3) is 3.75. The number of ether oxygens (including phenoxy) is 1. The fourth-order valence-electron chi connectivity index (χ4n) is 2.42. The molecule has 1 aromatic heterocycles. The standard InChI is InChI=1S/C13H23N3O3/c1-9(17)11-5-4-6-16(7-11)8-12-14-13(15-19-12)10(2)18-3/h9-11,17H,4-8H2,1-3H3. The van der Waals surface area contributed by atoms with Gasteiger partial charge in [0.1, 0.15) is 6.10 Å². The first-order valence-corrected chi connectivity index (χ1v) is 6.86. The van der Waals surface area contributed by atoms with E-state index in [4.69, 9.17) is 9.26 Å². The van der Waals surface area contributed by atoms with Gasteiger partial charge in [0.25, 0.3) is 0 Å². The average Bonchev–Trinajstić information content (AvgIpc) is 2.86. The van der Waals surface area contributed by atoms with Gasteiger partial charge in [0.15, 0.2) is 5.82 Å². The van der Waals surface area contributed by atoms with Gasteiger partial charge in [0.2, 0.25) is 5.89 Å². The third-order valence-corrected chi connectivity index (χ3v) is 3.78. The Bertz CT molecular complexity index is 394. The van der Waals surface area contributed by atoms with E-state index in [1.807, 2.05) is 13.8 Å². The van der Waals surface area contributed by atoms with Crippen molar-refractivity contribution in [3.8, 4) is 0 Å². The van der Waals surface area contributed by atoms with Crippen LogP contribution < -0.4 is 0 Å². The van der Waals surface area contributed by atoms with Crippen molar-refractivity contribution < 1.29 is 14.4 Å². The van der Waals surface area contributed by atoms with Crippen LogP contribution in [0.3, 0.4) is 0 Å². The highest BCUT2D eigenvalue weighted by atomic mass is 16.5. The summed E-state index contributed by atoms with van der Waals surface area (Å²) in [6.07, 6.45) is 1.79. The maximum Gasteiger partial charge on any atom is 0.240 e. The minimum Gasteiger partial charge on any atom is -0.393 e. The predicted octanol–water partition coefficient (Wildman–Crippen LogP) is 1.37. The fourth-order valence-corrected chi connectivity index (χ4v) is 2.42. The second kappa shape index (κ2) is 6.45. The monoisotopic (exact) mass is 269 g/mol. The number of nitrogens with zero attached hydrogens (tertiary/aromatic N) is 3. The molecule has 1 saturated heterocycles. The highest BCUT2D eigenvalue weighted by molar-refractivity contribution is 4.90. The van der Waals surface area contributed by atoms with Crippen LogP contribution in [0, 0.1) is 5.92 Å². The first-order chi connectivity index (χ1) is 9.10. The summed E-state index contributed by atoms with van der Waals surface area (Å²) in [5.41, 5.74) is 0. The Labute approximate surface area is 113 Å². The lowest BCUT2D eigenvalue weighted by molar-refractivity contribution is 0.0556. The molecule has 0 amide bonds. The number of piperidine rings is 1. The quantitative estimate of drug-likeness (QED) is 0.870. The molecule has 0 bridgehead atoms. The van der Waals surface area contributed by atoms with E-state index in [-0.39, 0.29) is 12.2 Å². The molecule has 1 fully saturated rings. The van der Waals surface area contributed by atoms with Crippen molar-refractivity contribution in [2.24, 2.45) is 5.92 Å². The van der Waals surface area contributed by atoms with Crippen molar-refractivity contribution in [1.82, 2.24) is 15.0 Å². The van der Waals surface area contributed by atoms with Crippen LogP contribution in [-0.4, -0.2) is 46.5 Å². The van der Waals surface area contributed by atoms with E-state index < -0.39 is 0 Å². The summed E-state index contributed by atoms with van der Waals surface area (Å²) in [7, 11) is 1.62. The van der Waals surface area contributed by atoms with Crippen molar-refractivity contribution in [2.75, 3.05) is 20.2 Å². The van der Waals surface area contributed by atoms with Crippen molar-refractivity contribution in [1.29, 1.82) is 0 Å². The Kier molecular flexibility index (Phi) is 4.90. The molecule has 3 unspecified atom stereocenters. The molecule has 1 aliphatic rings. The van der Waals surface area contributed by atoms with Gasteiger partial charge in [-0.2, -0.15) is 4.98 Å². The number of aliphatic hydroxyl groups excluding tert-OH is 1. The molecule has 6 nitrogen and oxygen atoms in total. The summed E-state index contributed by atoms with van der Waals surface area (Å²) in [5, 5.41) is 13.6. The largest absolute Gasteiger partial charge is 0.393 e. The number of methoxy groups -OCH3 is 1. The van der Waals surface area contributed by atoms with Gasteiger partial charge in [-0.3, -0.25) is 4.90 Å². The third-order valence-electron chi connectivity index (χ3n) is 3.78. The lowest BCUT2D eigenvalue weighted by Crippen LogP contribution is -2.39. The van der Waals surface area contributed by atoms with Crippen LogP contribution in [0.4, 0.5) is 0 Å². The van der Waals surface area contributed by atoms with Gasteiger partial charge in [-0.1, -0.05) is 5.16 Å². The number of aliphatic hydroxyl groups is 1. The molecule has 0 radical (unpaired) electrons. The van der Waals surface area contributed by atoms with E-state index in [9.17, 15) is 5.11 Å². The zero-order valence-electron chi connectivity index (χ0n) is 11.9. The van der Waals surface area contributed by atoms with E-state index in [1.54, 1.807) is 7.11 Å². The van der Waals surface area contributed by atoms with Crippen LogP contribution in [0.15, 0.2) is 4.52 Å². The van der Waals surface area contributed by atoms with E-state index in [0.717, 1.165) is 25.9 Å². The summed E-state index contributed by atoms with van der Waals surface area (Å²) < 4.78 is 10.4. The molecule has 1 aromatic rings. The average molecular weight is 269 g/mol. The number of rotatable bonds is 5. The highest BCUT2D eigenvalue weighted by Gasteiger charge is 2.25. The molecule has 2 rings (SSSR count). The van der Waals surface area contributed by atoms with Crippen molar-refractivity contribution in [3.05, 3.63) is 11.7 Å². The lowest BCUT2D eigenvalue weighted by Gasteiger charge is -2.33. The SMILES string of the molecule is COC(C)c1noc(CN2CCCC(C(C)O)C2)n1. The van der Waals surface area contributed by atoms with Gasteiger partial charge in [0, 0.05) is 13.7 Å². The molecule has 2 heterocycles.